The number of nitrogens with one attached hydrogen (secondary N) is 1. The van der Waals surface area contributed by atoms with E-state index >= 15 is 0 Å². The average molecular weight is 363 g/mol. The molecule has 136 valence electrons. The predicted octanol–water partition coefficient (Wildman–Crippen LogP) is 2.48. The van der Waals surface area contributed by atoms with Crippen molar-refractivity contribution in [3.05, 3.63) is 48.3 Å². The minimum absolute atomic E-state index is 0.537. The Bertz CT molecular complexity index is 1030. The maximum Gasteiger partial charge on any atom is 0.239 e. The Morgan fingerprint density at radius 3 is 2.41 bits per heavy atom. The van der Waals surface area contributed by atoms with E-state index in [4.69, 9.17) is 20.5 Å². The molecule has 8 heteroatoms. The number of rotatable bonds is 6. The normalized spacial score (nSPS) is 11.4. The quantitative estimate of drug-likeness (QED) is 0.689. The minimum Gasteiger partial charge on any atom is -0.493 e. The Morgan fingerprint density at radius 1 is 1.15 bits per heavy atom. The molecular formula is C19H17N5O3. The molecule has 8 nitrogen and oxygen atoms in total. The van der Waals surface area contributed by atoms with Crippen molar-refractivity contribution >= 4 is 28.3 Å². The first-order valence-electron chi connectivity index (χ1n) is 8.00. The monoisotopic (exact) mass is 363 g/mol. The van der Waals surface area contributed by atoms with E-state index in [0.29, 0.717) is 28.4 Å². The van der Waals surface area contributed by atoms with Crippen LogP contribution in [-0.2, 0) is 4.79 Å². The fourth-order valence-electron chi connectivity index (χ4n) is 2.68. The number of methoxy groups -OCH3 is 2. The van der Waals surface area contributed by atoms with Crippen LogP contribution in [0.4, 0.5) is 11.5 Å². The van der Waals surface area contributed by atoms with Crippen LogP contribution in [0.5, 0.6) is 11.5 Å². The lowest BCUT2D eigenvalue weighted by molar-refractivity contribution is -0.118. The Morgan fingerprint density at radius 2 is 1.81 bits per heavy atom. The van der Waals surface area contributed by atoms with Gasteiger partial charge in [0.2, 0.25) is 5.91 Å². The number of amides is 1. The van der Waals surface area contributed by atoms with Crippen molar-refractivity contribution in [1.82, 2.24) is 9.97 Å². The third-order valence-corrected chi connectivity index (χ3v) is 4.06. The molecule has 27 heavy (non-hydrogen) atoms. The molecule has 0 saturated heterocycles. The maximum atomic E-state index is 11.3. The highest BCUT2D eigenvalue weighted by Gasteiger charge is 2.17. The van der Waals surface area contributed by atoms with Crippen LogP contribution in [0, 0.1) is 11.3 Å². The molecule has 1 aromatic heterocycles. The van der Waals surface area contributed by atoms with E-state index in [0.717, 1.165) is 11.1 Å². The lowest BCUT2D eigenvalue weighted by Crippen LogP contribution is -2.19. The number of anilines is 2. The third kappa shape index (κ3) is 3.57. The van der Waals surface area contributed by atoms with Crippen molar-refractivity contribution in [1.29, 1.82) is 5.26 Å². The van der Waals surface area contributed by atoms with E-state index in [9.17, 15) is 4.79 Å². The smallest absolute Gasteiger partial charge is 0.239 e. The van der Waals surface area contributed by atoms with Gasteiger partial charge in [0.1, 0.15) is 18.1 Å². The van der Waals surface area contributed by atoms with Crippen molar-refractivity contribution < 1.29 is 14.3 Å². The molecule has 0 fully saturated rings. The molecule has 0 aliphatic heterocycles. The van der Waals surface area contributed by atoms with Crippen LogP contribution in [0.15, 0.2) is 42.7 Å². The fourth-order valence-corrected chi connectivity index (χ4v) is 2.68. The molecule has 1 atom stereocenters. The zero-order chi connectivity index (χ0) is 19.4. The first kappa shape index (κ1) is 17.9. The largest absolute Gasteiger partial charge is 0.493 e. The number of carbonyl (C=O) groups excluding carboxylic acids is 1. The van der Waals surface area contributed by atoms with Gasteiger partial charge in [-0.25, -0.2) is 9.97 Å². The van der Waals surface area contributed by atoms with Gasteiger partial charge in [-0.15, -0.1) is 0 Å². The van der Waals surface area contributed by atoms with Crippen LogP contribution < -0.4 is 20.5 Å². The number of hydrogen-bond donors (Lipinski definition) is 2. The van der Waals surface area contributed by atoms with Gasteiger partial charge in [0.25, 0.3) is 0 Å². The highest BCUT2D eigenvalue weighted by Crippen LogP contribution is 2.34. The Hall–Kier alpha value is -3.86. The molecule has 1 amide bonds. The second kappa shape index (κ2) is 7.58. The van der Waals surface area contributed by atoms with E-state index in [1.165, 1.54) is 6.33 Å². The number of nitrogens with zero attached hydrogens (tertiary/aromatic N) is 3. The van der Waals surface area contributed by atoms with Gasteiger partial charge in [0.05, 0.1) is 25.8 Å². The highest BCUT2D eigenvalue weighted by atomic mass is 16.5. The van der Waals surface area contributed by atoms with Crippen LogP contribution in [0.2, 0.25) is 0 Å². The van der Waals surface area contributed by atoms with Crippen molar-refractivity contribution in [3.63, 3.8) is 0 Å². The van der Waals surface area contributed by atoms with E-state index in [1.807, 2.05) is 6.07 Å². The lowest BCUT2D eigenvalue weighted by Gasteiger charge is -2.12. The van der Waals surface area contributed by atoms with E-state index in [2.05, 4.69) is 15.3 Å². The van der Waals surface area contributed by atoms with Gasteiger partial charge < -0.3 is 20.5 Å². The zero-order valence-electron chi connectivity index (χ0n) is 14.8. The number of carbonyl (C=O) groups is 1. The molecule has 3 rings (SSSR count). The first-order chi connectivity index (χ1) is 13.1. The van der Waals surface area contributed by atoms with Gasteiger partial charge in [-0.05, 0) is 23.8 Å². The van der Waals surface area contributed by atoms with Crippen molar-refractivity contribution in [2.45, 2.75) is 5.92 Å². The second-order valence-electron chi connectivity index (χ2n) is 5.66. The van der Waals surface area contributed by atoms with E-state index in [-0.39, 0.29) is 0 Å². The number of ether oxygens (including phenoxy) is 2. The standard InChI is InChI=1S/C19H17N5O3/c1-26-16-7-13-15(8-17(16)27-2)22-10-23-19(13)24-12-5-3-11(4-6-12)14(9-20)18(21)25/h3-8,10,14H,1-2H3,(H2,21,25)(H,22,23,24). The van der Waals surface area contributed by atoms with E-state index < -0.39 is 11.8 Å². The minimum atomic E-state index is -0.976. The molecule has 2 aromatic carbocycles. The van der Waals surface area contributed by atoms with Gasteiger partial charge >= 0.3 is 0 Å². The molecule has 1 unspecified atom stereocenters. The van der Waals surface area contributed by atoms with Crippen molar-refractivity contribution in [3.8, 4) is 17.6 Å². The van der Waals surface area contributed by atoms with Crippen molar-refractivity contribution in [2.24, 2.45) is 5.73 Å². The molecule has 1 heterocycles. The molecule has 3 N–H and O–H groups in total. The summed E-state index contributed by atoms with van der Waals surface area (Å²) in [6, 6.07) is 12.3. The highest BCUT2D eigenvalue weighted by molar-refractivity contribution is 5.93. The lowest BCUT2D eigenvalue weighted by atomic mass is 10.00. The average Bonchev–Trinajstić information content (AvgIpc) is 2.68. The second-order valence-corrected chi connectivity index (χ2v) is 5.66. The summed E-state index contributed by atoms with van der Waals surface area (Å²) in [4.78, 5) is 19.9. The predicted molar refractivity (Wildman–Crippen MR) is 99.9 cm³/mol. The topological polar surface area (TPSA) is 123 Å². The van der Waals surface area contributed by atoms with Gasteiger partial charge in [0, 0.05) is 17.1 Å². The number of benzene rings is 2. The Labute approximate surface area is 155 Å². The molecule has 0 saturated carbocycles. The fraction of sp³-hybridized carbons (Fsp3) is 0.158. The third-order valence-electron chi connectivity index (χ3n) is 4.06. The number of nitriles is 1. The molecular weight excluding hydrogens is 346 g/mol. The number of primary amides is 1. The Balaban J connectivity index is 1.95. The molecule has 0 radical (unpaired) electrons. The summed E-state index contributed by atoms with van der Waals surface area (Å²) in [7, 11) is 3.12. The molecule has 0 aliphatic rings. The molecule has 0 spiro atoms. The molecule has 3 aromatic rings. The summed E-state index contributed by atoms with van der Waals surface area (Å²) in [6.07, 6.45) is 1.45. The summed E-state index contributed by atoms with van der Waals surface area (Å²) >= 11 is 0. The van der Waals surface area contributed by atoms with Crippen LogP contribution in [-0.4, -0.2) is 30.1 Å². The summed E-state index contributed by atoms with van der Waals surface area (Å²) in [6.45, 7) is 0. The number of aromatic nitrogens is 2. The van der Waals surface area contributed by atoms with Crippen LogP contribution in [0.1, 0.15) is 11.5 Å². The SMILES string of the molecule is COc1cc2ncnc(Nc3ccc(C(C#N)C(N)=O)cc3)c2cc1OC. The summed E-state index contributed by atoms with van der Waals surface area (Å²) in [5.74, 6) is 0.0710. The summed E-state index contributed by atoms with van der Waals surface area (Å²) < 4.78 is 10.6. The maximum absolute atomic E-state index is 11.3. The van der Waals surface area contributed by atoms with Crippen LogP contribution in [0.25, 0.3) is 10.9 Å². The van der Waals surface area contributed by atoms with Crippen LogP contribution >= 0.6 is 0 Å². The van der Waals surface area contributed by atoms with Crippen LogP contribution in [0.3, 0.4) is 0 Å². The molecule has 0 aliphatic carbocycles. The van der Waals surface area contributed by atoms with Gasteiger partial charge in [-0.3, -0.25) is 4.79 Å². The molecule has 0 bridgehead atoms. The first-order valence-corrected chi connectivity index (χ1v) is 8.00. The summed E-state index contributed by atoms with van der Waals surface area (Å²) in [5.41, 5.74) is 7.20. The van der Waals surface area contributed by atoms with Crippen molar-refractivity contribution in [2.75, 3.05) is 19.5 Å². The van der Waals surface area contributed by atoms with Gasteiger partial charge in [0.15, 0.2) is 11.5 Å². The Kier molecular flexibility index (Phi) is 5.04. The van der Waals surface area contributed by atoms with Gasteiger partial charge in [-0.1, -0.05) is 12.1 Å². The summed E-state index contributed by atoms with van der Waals surface area (Å²) in [5, 5.41) is 13.0. The number of fused-ring (bicyclic) bond motifs is 1. The zero-order valence-corrected chi connectivity index (χ0v) is 14.8. The van der Waals surface area contributed by atoms with Gasteiger partial charge in [-0.2, -0.15) is 5.26 Å². The van der Waals surface area contributed by atoms with E-state index in [1.54, 1.807) is 50.6 Å². The number of nitrogens with two attached hydrogens (primary N) is 1. The number of hydrogen-bond acceptors (Lipinski definition) is 7.